The number of nitrogens with zero attached hydrogens (tertiary/aromatic N) is 3. The molecule has 1 aliphatic rings. The van der Waals surface area contributed by atoms with Crippen molar-refractivity contribution < 1.29 is 22.0 Å². The zero-order valence-corrected chi connectivity index (χ0v) is 18.7. The zero-order valence-electron chi connectivity index (χ0n) is 18.0. The molecule has 0 amide bonds. The van der Waals surface area contributed by atoms with Crippen LogP contribution in [-0.4, -0.2) is 22.8 Å². The molecule has 0 saturated carbocycles. The standard InChI is InChI=1S/C26H17ClF5N3/c27-20-9-2-4-11-22(20)35-23(14-24(34-35)25(28,29)26(30,31)32)18-8-5-7-16(12-18)19-13-17-6-1-3-10-21(17)33-15-19/h1-13,15,23H,14H2. The van der Waals surface area contributed by atoms with Gasteiger partial charge in [-0.1, -0.05) is 60.1 Å². The number of fused-ring (bicyclic) bond motifs is 1. The molecule has 0 N–H and O–H groups in total. The molecule has 1 unspecified atom stereocenters. The third kappa shape index (κ3) is 4.23. The van der Waals surface area contributed by atoms with Crippen LogP contribution < -0.4 is 5.01 Å². The third-order valence-corrected chi connectivity index (χ3v) is 6.24. The lowest BCUT2D eigenvalue weighted by molar-refractivity contribution is -0.249. The summed E-state index contributed by atoms with van der Waals surface area (Å²) in [5, 5.41) is 6.00. The number of hydrazone groups is 1. The lowest BCUT2D eigenvalue weighted by atomic mass is 9.95. The molecule has 35 heavy (non-hydrogen) atoms. The number of hydrogen-bond acceptors (Lipinski definition) is 3. The lowest BCUT2D eigenvalue weighted by Gasteiger charge is -2.25. The number of para-hydroxylation sites is 2. The van der Waals surface area contributed by atoms with Gasteiger partial charge in [-0.2, -0.15) is 27.1 Å². The van der Waals surface area contributed by atoms with E-state index in [-0.39, 0.29) is 10.7 Å². The number of hydrogen-bond donors (Lipinski definition) is 0. The van der Waals surface area contributed by atoms with Crippen LogP contribution in [0.4, 0.5) is 27.6 Å². The Labute approximate surface area is 202 Å². The van der Waals surface area contributed by atoms with E-state index in [2.05, 4.69) is 10.1 Å². The third-order valence-electron chi connectivity index (χ3n) is 5.92. The fourth-order valence-corrected chi connectivity index (χ4v) is 4.36. The number of alkyl halides is 5. The zero-order chi connectivity index (χ0) is 24.8. The molecular weight excluding hydrogens is 485 g/mol. The van der Waals surface area contributed by atoms with Crippen molar-refractivity contribution in [2.24, 2.45) is 5.10 Å². The second-order valence-corrected chi connectivity index (χ2v) is 8.58. The molecule has 5 rings (SSSR count). The van der Waals surface area contributed by atoms with Crippen molar-refractivity contribution in [3.63, 3.8) is 0 Å². The van der Waals surface area contributed by atoms with Gasteiger partial charge in [0.1, 0.15) is 5.71 Å². The summed E-state index contributed by atoms with van der Waals surface area (Å²) in [5.41, 5.74) is 1.86. The topological polar surface area (TPSA) is 28.5 Å². The fourth-order valence-electron chi connectivity index (χ4n) is 4.14. The normalized spacial score (nSPS) is 16.6. The Kier molecular flexibility index (Phi) is 5.71. The number of halogens is 6. The molecule has 178 valence electrons. The number of rotatable bonds is 4. The van der Waals surface area contributed by atoms with Crippen molar-refractivity contribution in [2.75, 3.05) is 5.01 Å². The minimum Gasteiger partial charge on any atom is -0.256 e. The average Bonchev–Trinajstić information content (AvgIpc) is 3.29. The van der Waals surface area contributed by atoms with E-state index in [1.807, 2.05) is 36.4 Å². The van der Waals surface area contributed by atoms with Crippen LogP contribution in [0.5, 0.6) is 0 Å². The Bertz CT molecular complexity index is 1430. The maximum atomic E-state index is 14.3. The van der Waals surface area contributed by atoms with E-state index in [1.165, 1.54) is 12.1 Å². The minimum atomic E-state index is -5.76. The maximum Gasteiger partial charge on any atom is 0.459 e. The highest BCUT2D eigenvalue weighted by Crippen LogP contribution is 2.46. The fraction of sp³-hybridized carbons (Fsp3) is 0.154. The first-order valence-electron chi connectivity index (χ1n) is 10.7. The monoisotopic (exact) mass is 501 g/mol. The van der Waals surface area contributed by atoms with E-state index < -0.39 is 30.3 Å². The van der Waals surface area contributed by atoms with Crippen molar-refractivity contribution in [2.45, 2.75) is 24.6 Å². The van der Waals surface area contributed by atoms with Gasteiger partial charge in [-0.3, -0.25) is 9.99 Å². The van der Waals surface area contributed by atoms with Crippen molar-refractivity contribution >= 4 is 33.9 Å². The van der Waals surface area contributed by atoms with Gasteiger partial charge in [-0.25, -0.2) is 0 Å². The number of anilines is 1. The van der Waals surface area contributed by atoms with Gasteiger partial charge in [-0.15, -0.1) is 0 Å². The molecule has 9 heteroatoms. The van der Waals surface area contributed by atoms with Gasteiger partial charge in [0.15, 0.2) is 0 Å². The number of benzene rings is 3. The van der Waals surface area contributed by atoms with E-state index in [0.717, 1.165) is 27.0 Å². The lowest BCUT2D eigenvalue weighted by Crippen LogP contribution is -2.43. The Balaban J connectivity index is 1.57. The van der Waals surface area contributed by atoms with Gasteiger partial charge < -0.3 is 0 Å². The number of pyridine rings is 1. The molecule has 0 aliphatic carbocycles. The molecule has 0 bridgehead atoms. The predicted octanol–water partition coefficient (Wildman–Crippen LogP) is 8.06. The molecule has 0 radical (unpaired) electrons. The highest BCUT2D eigenvalue weighted by atomic mass is 35.5. The van der Waals surface area contributed by atoms with E-state index in [1.54, 1.807) is 36.5 Å². The molecule has 3 nitrogen and oxygen atoms in total. The van der Waals surface area contributed by atoms with Crippen molar-refractivity contribution in [3.8, 4) is 11.1 Å². The van der Waals surface area contributed by atoms with Crippen molar-refractivity contribution in [3.05, 3.63) is 95.6 Å². The second kappa shape index (κ2) is 8.61. The molecule has 0 spiro atoms. The predicted molar refractivity (Wildman–Crippen MR) is 127 cm³/mol. The van der Waals surface area contributed by atoms with Gasteiger partial charge in [0.05, 0.1) is 22.3 Å². The van der Waals surface area contributed by atoms with Crippen LogP contribution in [0.25, 0.3) is 22.0 Å². The highest BCUT2D eigenvalue weighted by Gasteiger charge is 2.62. The summed E-state index contributed by atoms with van der Waals surface area (Å²) in [4.78, 5) is 4.46. The Hall–Kier alpha value is -3.52. The van der Waals surface area contributed by atoms with Crippen molar-refractivity contribution in [1.29, 1.82) is 0 Å². The molecule has 1 aromatic heterocycles. The molecule has 1 aliphatic heterocycles. The van der Waals surface area contributed by atoms with Crippen LogP contribution in [0.2, 0.25) is 5.02 Å². The average molecular weight is 502 g/mol. The van der Waals surface area contributed by atoms with Gasteiger partial charge in [-0.05, 0) is 41.5 Å². The first-order chi connectivity index (χ1) is 16.6. The molecule has 4 aromatic rings. The highest BCUT2D eigenvalue weighted by molar-refractivity contribution is 6.33. The summed E-state index contributed by atoms with van der Waals surface area (Å²) in [6.07, 6.45) is -4.68. The maximum absolute atomic E-state index is 14.3. The van der Waals surface area contributed by atoms with Crippen LogP contribution in [0.1, 0.15) is 18.0 Å². The van der Waals surface area contributed by atoms with E-state index in [4.69, 9.17) is 11.6 Å². The second-order valence-electron chi connectivity index (χ2n) is 8.18. The van der Waals surface area contributed by atoms with Crippen LogP contribution >= 0.6 is 11.6 Å². The van der Waals surface area contributed by atoms with Gasteiger partial charge >= 0.3 is 12.1 Å². The SMILES string of the molecule is FC(F)(F)C(F)(F)C1=NN(c2ccccc2Cl)C(c2cccc(-c3cnc4ccccc4c3)c2)C1. The Morgan fingerprint density at radius 3 is 2.34 bits per heavy atom. The molecular formula is C26H17ClF5N3. The summed E-state index contributed by atoms with van der Waals surface area (Å²) < 4.78 is 68.0. The quantitative estimate of drug-likeness (QED) is 0.265. The molecule has 2 heterocycles. The smallest absolute Gasteiger partial charge is 0.256 e. The van der Waals surface area contributed by atoms with Crippen LogP contribution in [0, 0.1) is 0 Å². The Morgan fingerprint density at radius 1 is 0.829 bits per heavy atom. The van der Waals surface area contributed by atoms with Crippen LogP contribution in [0.15, 0.2) is 90.2 Å². The van der Waals surface area contributed by atoms with Gasteiger partial charge in [0.2, 0.25) is 0 Å². The van der Waals surface area contributed by atoms with Crippen LogP contribution in [-0.2, 0) is 0 Å². The largest absolute Gasteiger partial charge is 0.459 e. The van der Waals surface area contributed by atoms with E-state index in [0.29, 0.717) is 5.56 Å². The molecule has 0 fully saturated rings. The first-order valence-corrected chi connectivity index (χ1v) is 11.0. The van der Waals surface area contributed by atoms with Crippen molar-refractivity contribution in [1.82, 2.24) is 4.98 Å². The number of aromatic nitrogens is 1. The van der Waals surface area contributed by atoms with E-state index >= 15 is 0 Å². The summed E-state index contributed by atoms with van der Waals surface area (Å²) in [6, 6.07) is 21.9. The summed E-state index contributed by atoms with van der Waals surface area (Å²) >= 11 is 6.26. The first kappa shape index (κ1) is 23.2. The summed E-state index contributed by atoms with van der Waals surface area (Å²) in [6.45, 7) is 0. The molecule has 0 saturated heterocycles. The van der Waals surface area contributed by atoms with Gasteiger partial charge in [0, 0.05) is 23.6 Å². The minimum absolute atomic E-state index is 0.188. The summed E-state index contributed by atoms with van der Waals surface area (Å²) in [7, 11) is 0. The van der Waals surface area contributed by atoms with Crippen LogP contribution in [0.3, 0.4) is 0 Å². The van der Waals surface area contributed by atoms with E-state index in [9.17, 15) is 22.0 Å². The summed E-state index contributed by atoms with van der Waals surface area (Å²) in [5.74, 6) is -5.07. The van der Waals surface area contributed by atoms with Gasteiger partial charge in [0.25, 0.3) is 0 Å². The molecule has 3 aromatic carbocycles. The molecule has 1 atom stereocenters. The Morgan fingerprint density at radius 2 is 1.57 bits per heavy atom.